The van der Waals surface area contributed by atoms with Crippen molar-refractivity contribution in [3.63, 3.8) is 0 Å². The molecule has 0 bridgehead atoms. The normalized spacial score (nSPS) is 4.50. The highest BCUT2D eigenvalue weighted by Gasteiger charge is 1.43. The summed E-state index contributed by atoms with van der Waals surface area (Å²) < 4.78 is 0. The highest BCUT2D eigenvalue weighted by Crippen LogP contribution is 1.52. The zero-order valence-corrected chi connectivity index (χ0v) is 11.4. The quantitative estimate of drug-likeness (QED) is 0.433. The van der Waals surface area contributed by atoms with E-state index in [9.17, 15) is 0 Å². The van der Waals surface area contributed by atoms with Crippen LogP contribution in [0.3, 0.4) is 0 Å². The van der Waals surface area contributed by atoms with Crippen LogP contribution in [0.2, 0.25) is 0 Å². The molecule has 0 aromatic rings. The lowest BCUT2D eigenvalue weighted by molar-refractivity contribution is 1.15. The van der Waals surface area contributed by atoms with Crippen LogP contribution in [0, 0.1) is 0 Å². The molecule has 0 aliphatic carbocycles. The van der Waals surface area contributed by atoms with Crippen molar-refractivity contribution in [1.82, 2.24) is 0 Å². The van der Waals surface area contributed by atoms with Gasteiger partial charge in [-0.1, -0.05) is 66.9 Å². The second-order valence-corrected chi connectivity index (χ2v) is 1.01. The van der Waals surface area contributed by atoms with Crippen LogP contribution in [0.4, 0.5) is 0 Å². The minimum Gasteiger partial charge on any atom is -0.301 e. The van der Waals surface area contributed by atoms with Crippen molar-refractivity contribution in [3.05, 3.63) is 25.3 Å². The fourth-order valence-electron chi connectivity index (χ4n) is 0. The van der Waals surface area contributed by atoms with Crippen LogP contribution in [-0.2, 0) is 0 Å². The van der Waals surface area contributed by atoms with Crippen molar-refractivity contribution < 1.29 is 0 Å². The first-order chi connectivity index (χ1) is 6.83. The summed E-state index contributed by atoms with van der Waals surface area (Å²) in [5, 5.41) is 0. The zero-order chi connectivity index (χ0) is 12.8. The molecule has 0 rings (SSSR count). The SMILES string of the molecule is C=CC=C.C=NCC.CC.CC.CC. The number of hydrogen-bond acceptors (Lipinski definition) is 1. The molecule has 0 aliphatic rings. The largest absolute Gasteiger partial charge is 0.301 e. The first kappa shape index (κ1) is 29.2. The smallest absolute Gasteiger partial charge is 0.0353 e. The molecule has 14 heavy (non-hydrogen) atoms. The molecule has 0 heterocycles. The number of nitrogens with zero attached hydrogens (tertiary/aromatic N) is 1. The van der Waals surface area contributed by atoms with Crippen LogP contribution >= 0.6 is 0 Å². The molecule has 0 fully saturated rings. The van der Waals surface area contributed by atoms with Gasteiger partial charge in [-0.15, -0.1) is 0 Å². The molecule has 0 aromatic heterocycles. The first-order valence-electron chi connectivity index (χ1n) is 5.49. The molecule has 1 nitrogen and oxygen atoms in total. The molecule has 0 saturated heterocycles. The average molecular weight is 201 g/mol. The summed E-state index contributed by atoms with van der Waals surface area (Å²) in [5.41, 5.74) is 0. The fourth-order valence-corrected chi connectivity index (χ4v) is 0. The summed E-state index contributed by atoms with van der Waals surface area (Å²) >= 11 is 0. The van der Waals surface area contributed by atoms with E-state index in [0.29, 0.717) is 0 Å². The predicted octanol–water partition coefficient (Wildman–Crippen LogP) is 5.14. The van der Waals surface area contributed by atoms with Gasteiger partial charge in [0.05, 0.1) is 0 Å². The minimum absolute atomic E-state index is 0.833. The molecule has 0 amide bonds. The van der Waals surface area contributed by atoms with Crippen LogP contribution in [-0.4, -0.2) is 13.3 Å². The van der Waals surface area contributed by atoms with Gasteiger partial charge >= 0.3 is 0 Å². The van der Waals surface area contributed by atoms with Gasteiger partial charge in [-0.2, -0.15) is 0 Å². The van der Waals surface area contributed by atoms with E-state index in [-0.39, 0.29) is 0 Å². The number of rotatable bonds is 2. The van der Waals surface area contributed by atoms with E-state index in [1.807, 2.05) is 48.5 Å². The van der Waals surface area contributed by atoms with Crippen LogP contribution in [0.5, 0.6) is 0 Å². The zero-order valence-electron chi connectivity index (χ0n) is 11.4. The molecule has 0 aliphatic heterocycles. The Labute approximate surface area is 92.7 Å². The maximum Gasteiger partial charge on any atom is 0.0353 e. The second kappa shape index (κ2) is 152. The van der Waals surface area contributed by atoms with Crippen molar-refractivity contribution in [2.45, 2.75) is 48.5 Å². The third kappa shape index (κ3) is 869. The monoisotopic (exact) mass is 201 g/mol. The predicted molar refractivity (Wildman–Crippen MR) is 74.5 cm³/mol. The average Bonchev–Trinajstić information content (AvgIpc) is 2.36. The van der Waals surface area contributed by atoms with Gasteiger partial charge in [0.1, 0.15) is 0 Å². The van der Waals surface area contributed by atoms with Crippen LogP contribution in [0.15, 0.2) is 30.3 Å². The van der Waals surface area contributed by atoms with Gasteiger partial charge in [0.25, 0.3) is 0 Å². The van der Waals surface area contributed by atoms with Gasteiger partial charge in [-0.25, -0.2) is 0 Å². The van der Waals surface area contributed by atoms with Crippen LogP contribution in [0.25, 0.3) is 0 Å². The molecule has 1 heteroatoms. The van der Waals surface area contributed by atoms with E-state index < -0.39 is 0 Å². The lowest BCUT2D eigenvalue weighted by Gasteiger charge is -1.61. The molecule has 88 valence electrons. The van der Waals surface area contributed by atoms with Gasteiger partial charge < -0.3 is 4.99 Å². The highest BCUT2D eigenvalue weighted by molar-refractivity contribution is 5.22. The Kier molecular flexibility index (Phi) is 318. The third-order valence-electron chi connectivity index (χ3n) is 0.390. The summed E-state index contributed by atoms with van der Waals surface area (Å²) in [6.45, 7) is 24.7. The maximum absolute atomic E-state index is 3.49. The van der Waals surface area contributed by atoms with E-state index in [4.69, 9.17) is 0 Å². The van der Waals surface area contributed by atoms with Crippen LogP contribution in [0.1, 0.15) is 48.5 Å². The summed E-state index contributed by atoms with van der Waals surface area (Å²) in [6.07, 6.45) is 3.28. The molecule has 0 unspecified atom stereocenters. The minimum atomic E-state index is 0.833. The highest BCUT2D eigenvalue weighted by atomic mass is 14.6. The Morgan fingerprint density at radius 3 is 1.00 bits per heavy atom. The van der Waals surface area contributed by atoms with Crippen molar-refractivity contribution in [2.24, 2.45) is 4.99 Å². The van der Waals surface area contributed by atoms with Crippen LogP contribution < -0.4 is 0 Å². The van der Waals surface area contributed by atoms with Gasteiger partial charge in [0.2, 0.25) is 0 Å². The topological polar surface area (TPSA) is 12.4 Å². The van der Waals surface area contributed by atoms with E-state index in [2.05, 4.69) is 24.9 Å². The molecule has 0 radical (unpaired) electrons. The van der Waals surface area contributed by atoms with Gasteiger partial charge in [-0.3, -0.25) is 0 Å². The standard InChI is InChI=1S/C4H6.C3H7N.3C2H6/c2*1-3-4-2;3*1-2/h3-4H,1-2H2;2-3H2,1H3;3*1-2H3. The van der Waals surface area contributed by atoms with Gasteiger partial charge in [0, 0.05) is 6.54 Å². The molecular weight excluding hydrogens is 170 g/mol. The lowest BCUT2D eigenvalue weighted by Crippen LogP contribution is -1.54. The van der Waals surface area contributed by atoms with Crippen molar-refractivity contribution in [1.29, 1.82) is 0 Å². The summed E-state index contributed by atoms with van der Waals surface area (Å²) in [4.78, 5) is 3.49. The third-order valence-corrected chi connectivity index (χ3v) is 0.390. The van der Waals surface area contributed by atoms with Crippen molar-refractivity contribution in [3.8, 4) is 0 Å². The Hall–Kier alpha value is -0.850. The first-order valence-corrected chi connectivity index (χ1v) is 5.49. The maximum atomic E-state index is 3.49. The molecule has 0 spiro atoms. The Bertz CT molecular complexity index is 59.6. The van der Waals surface area contributed by atoms with E-state index in [1.165, 1.54) is 0 Å². The number of aliphatic imine (C=N–C) groups is 1. The molecular formula is C13H31N. The molecule has 0 atom stereocenters. The fraction of sp³-hybridized carbons (Fsp3) is 0.615. The lowest BCUT2D eigenvalue weighted by atomic mass is 10.6. The van der Waals surface area contributed by atoms with Crippen molar-refractivity contribution in [2.75, 3.05) is 6.54 Å². The van der Waals surface area contributed by atoms with Gasteiger partial charge in [-0.05, 0) is 13.6 Å². The second-order valence-electron chi connectivity index (χ2n) is 1.01. The van der Waals surface area contributed by atoms with E-state index >= 15 is 0 Å². The summed E-state index contributed by atoms with van der Waals surface area (Å²) in [7, 11) is 0. The Morgan fingerprint density at radius 2 is 1.00 bits per heavy atom. The molecule has 0 N–H and O–H groups in total. The Morgan fingerprint density at radius 1 is 0.857 bits per heavy atom. The van der Waals surface area contributed by atoms with Gasteiger partial charge in [0.15, 0.2) is 0 Å². The van der Waals surface area contributed by atoms with Crippen molar-refractivity contribution >= 4 is 6.72 Å². The number of hydrogen-bond donors (Lipinski definition) is 0. The van der Waals surface area contributed by atoms with E-state index in [0.717, 1.165) is 6.54 Å². The summed E-state index contributed by atoms with van der Waals surface area (Å²) in [5.74, 6) is 0. The molecule has 0 saturated carbocycles. The molecule has 0 aromatic carbocycles. The van der Waals surface area contributed by atoms with E-state index in [1.54, 1.807) is 12.2 Å². The number of allylic oxidation sites excluding steroid dienone is 2. The Balaban J connectivity index is -0.0000000255. The summed E-state index contributed by atoms with van der Waals surface area (Å²) in [6, 6.07) is 0.